The van der Waals surface area contributed by atoms with E-state index in [4.69, 9.17) is 0 Å². The van der Waals surface area contributed by atoms with Crippen molar-refractivity contribution in [1.82, 2.24) is 4.98 Å². The largest absolute Gasteiger partial charge is 0.291 e. The molecule has 98 valence electrons. The van der Waals surface area contributed by atoms with E-state index in [1.807, 2.05) is 42.6 Å². The van der Waals surface area contributed by atoms with Crippen LogP contribution in [0.5, 0.6) is 0 Å². The molecule has 0 aliphatic carbocycles. The van der Waals surface area contributed by atoms with Crippen LogP contribution in [0.25, 0.3) is 10.1 Å². The Labute approximate surface area is 124 Å². The summed E-state index contributed by atoms with van der Waals surface area (Å²) in [7, 11) is 0. The van der Waals surface area contributed by atoms with Gasteiger partial charge in [0.25, 0.3) is 0 Å². The van der Waals surface area contributed by atoms with Gasteiger partial charge < -0.3 is 0 Å². The Morgan fingerprint density at radius 1 is 1.40 bits per heavy atom. The molecule has 0 saturated carbocycles. The number of rotatable bonds is 3. The van der Waals surface area contributed by atoms with E-state index in [1.54, 1.807) is 0 Å². The second kappa shape index (κ2) is 5.16. The molecule has 0 saturated heterocycles. The average molecular weight is 298 g/mol. The predicted molar refractivity (Wildman–Crippen MR) is 81.4 cm³/mol. The van der Waals surface area contributed by atoms with E-state index in [9.17, 15) is 10.1 Å². The monoisotopic (exact) mass is 298 g/mol. The number of thiophene rings is 1. The Hall–Kier alpha value is -2.03. The van der Waals surface area contributed by atoms with Gasteiger partial charge in [0.05, 0.1) is 10.9 Å². The maximum Gasteiger partial charge on any atom is 0.196 e. The number of carbonyl (C=O) groups is 1. The minimum Gasteiger partial charge on any atom is -0.291 e. The summed E-state index contributed by atoms with van der Waals surface area (Å²) in [5.41, 5.74) is 0.842. The van der Waals surface area contributed by atoms with Gasteiger partial charge in [-0.05, 0) is 24.4 Å². The van der Waals surface area contributed by atoms with Gasteiger partial charge in [-0.1, -0.05) is 18.2 Å². The zero-order chi connectivity index (χ0) is 14.1. The summed E-state index contributed by atoms with van der Waals surface area (Å²) in [4.78, 5) is 17.4. The Morgan fingerprint density at radius 3 is 2.85 bits per heavy atom. The van der Waals surface area contributed by atoms with Crippen LogP contribution in [0.2, 0.25) is 0 Å². The number of benzene rings is 1. The standard InChI is InChI=1S/C15H10N2OS2/c1-9-8-19-15(17-9)11(7-16)14(18)13-6-10-4-2-3-5-12(10)20-13/h2-6,8,11H,1H3/t11-/m0/s1. The minimum absolute atomic E-state index is 0.164. The molecule has 0 radical (unpaired) electrons. The number of hydrogen-bond acceptors (Lipinski definition) is 5. The molecule has 0 amide bonds. The number of aromatic nitrogens is 1. The van der Waals surface area contributed by atoms with Gasteiger partial charge in [0.15, 0.2) is 11.7 Å². The number of Topliss-reactive ketones (excluding diaryl/α,β-unsaturated/α-hetero) is 1. The second-order valence-corrected chi connectivity index (χ2v) is 6.38. The maximum atomic E-state index is 12.5. The minimum atomic E-state index is -0.804. The molecule has 3 rings (SSSR count). The Balaban J connectivity index is 2.00. The zero-order valence-corrected chi connectivity index (χ0v) is 12.3. The first kappa shape index (κ1) is 13.0. The molecule has 1 atom stereocenters. The van der Waals surface area contributed by atoms with Crippen LogP contribution >= 0.6 is 22.7 Å². The number of hydrogen-bond donors (Lipinski definition) is 0. The van der Waals surface area contributed by atoms with Crippen LogP contribution in [0.15, 0.2) is 35.7 Å². The van der Waals surface area contributed by atoms with Gasteiger partial charge in [0.2, 0.25) is 0 Å². The molecule has 20 heavy (non-hydrogen) atoms. The highest BCUT2D eigenvalue weighted by atomic mass is 32.1. The molecule has 0 fully saturated rings. The highest BCUT2D eigenvalue weighted by Gasteiger charge is 2.26. The summed E-state index contributed by atoms with van der Waals surface area (Å²) in [6.45, 7) is 1.86. The fourth-order valence-corrected chi connectivity index (χ4v) is 3.85. The van der Waals surface area contributed by atoms with Crippen molar-refractivity contribution < 1.29 is 4.79 Å². The van der Waals surface area contributed by atoms with Crippen molar-refractivity contribution in [2.24, 2.45) is 0 Å². The van der Waals surface area contributed by atoms with Crippen molar-refractivity contribution in [3.05, 3.63) is 51.3 Å². The normalized spacial score (nSPS) is 12.2. The lowest BCUT2D eigenvalue weighted by molar-refractivity contribution is 0.0983. The van der Waals surface area contributed by atoms with Gasteiger partial charge >= 0.3 is 0 Å². The van der Waals surface area contributed by atoms with E-state index >= 15 is 0 Å². The maximum absolute atomic E-state index is 12.5. The molecule has 1 aromatic carbocycles. The number of nitriles is 1. The second-order valence-electron chi connectivity index (χ2n) is 4.40. The van der Waals surface area contributed by atoms with Crippen LogP contribution in [0.4, 0.5) is 0 Å². The number of ketones is 1. The topological polar surface area (TPSA) is 53.8 Å². The summed E-state index contributed by atoms with van der Waals surface area (Å²) in [5, 5.41) is 12.8. The molecule has 3 nitrogen and oxygen atoms in total. The third-order valence-corrected chi connectivity index (χ3v) is 5.10. The summed E-state index contributed by atoms with van der Waals surface area (Å²) in [6, 6.07) is 11.8. The van der Waals surface area contributed by atoms with Crippen molar-refractivity contribution in [3.63, 3.8) is 0 Å². The van der Waals surface area contributed by atoms with E-state index in [0.29, 0.717) is 9.88 Å². The third kappa shape index (κ3) is 2.24. The fraction of sp³-hybridized carbons (Fsp3) is 0.133. The van der Waals surface area contributed by atoms with Gasteiger partial charge in [-0.15, -0.1) is 22.7 Å². The van der Waals surface area contributed by atoms with Crippen LogP contribution in [0.3, 0.4) is 0 Å². The fourth-order valence-electron chi connectivity index (χ4n) is 1.98. The summed E-state index contributed by atoms with van der Waals surface area (Å²) < 4.78 is 1.06. The molecule has 3 aromatic rings. The molecule has 2 aromatic heterocycles. The van der Waals surface area contributed by atoms with E-state index in [0.717, 1.165) is 15.8 Å². The Morgan fingerprint density at radius 2 is 2.20 bits per heavy atom. The number of carbonyl (C=O) groups excluding carboxylic acids is 1. The zero-order valence-electron chi connectivity index (χ0n) is 10.7. The molecule has 0 bridgehead atoms. The number of fused-ring (bicyclic) bond motifs is 1. The summed E-state index contributed by atoms with van der Waals surface area (Å²) >= 11 is 2.79. The molecule has 2 heterocycles. The summed E-state index contributed by atoms with van der Waals surface area (Å²) in [6.07, 6.45) is 0. The number of aryl methyl sites for hydroxylation is 1. The molecule has 0 aliphatic heterocycles. The average Bonchev–Trinajstić information content (AvgIpc) is 3.05. The third-order valence-electron chi connectivity index (χ3n) is 2.94. The molecule has 0 spiro atoms. The van der Waals surface area contributed by atoms with Crippen molar-refractivity contribution in [3.8, 4) is 6.07 Å². The van der Waals surface area contributed by atoms with Gasteiger partial charge in [-0.25, -0.2) is 4.98 Å². The lowest BCUT2D eigenvalue weighted by atomic mass is 10.1. The van der Waals surface area contributed by atoms with Crippen molar-refractivity contribution in [2.75, 3.05) is 0 Å². The van der Waals surface area contributed by atoms with Crippen LogP contribution in [-0.4, -0.2) is 10.8 Å². The van der Waals surface area contributed by atoms with Crippen LogP contribution in [0.1, 0.15) is 26.3 Å². The number of nitrogens with zero attached hydrogens (tertiary/aromatic N) is 2. The lowest BCUT2D eigenvalue weighted by Crippen LogP contribution is -2.09. The van der Waals surface area contributed by atoms with Gasteiger partial charge in [0, 0.05) is 15.8 Å². The predicted octanol–water partition coefficient (Wildman–Crippen LogP) is 4.16. The van der Waals surface area contributed by atoms with E-state index in [1.165, 1.54) is 22.7 Å². The van der Waals surface area contributed by atoms with Crippen molar-refractivity contribution >= 4 is 38.5 Å². The highest BCUT2D eigenvalue weighted by molar-refractivity contribution is 7.21. The Bertz CT molecular complexity index is 793. The molecular weight excluding hydrogens is 288 g/mol. The van der Waals surface area contributed by atoms with Crippen molar-refractivity contribution in [2.45, 2.75) is 12.8 Å². The van der Waals surface area contributed by atoms with Gasteiger partial charge in [-0.3, -0.25) is 4.79 Å². The smallest absolute Gasteiger partial charge is 0.196 e. The van der Waals surface area contributed by atoms with Gasteiger partial charge in [-0.2, -0.15) is 5.26 Å². The van der Waals surface area contributed by atoms with Gasteiger partial charge in [0.1, 0.15) is 5.01 Å². The highest BCUT2D eigenvalue weighted by Crippen LogP contribution is 2.30. The molecule has 5 heteroatoms. The molecule has 0 aliphatic rings. The van der Waals surface area contributed by atoms with E-state index in [2.05, 4.69) is 11.1 Å². The Kier molecular flexibility index (Phi) is 3.35. The molecular formula is C15H10N2OS2. The lowest BCUT2D eigenvalue weighted by Gasteiger charge is -2.01. The quantitative estimate of drug-likeness (QED) is 0.682. The number of thiazole rings is 1. The van der Waals surface area contributed by atoms with Crippen LogP contribution < -0.4 is 0 Å². The first-order chi connectivity index (χ1) is 9.69. The molecule has 0 N–H and O–H groups in total. The van der Waals surface area contributed by atoms with E-state index < -0.39 is 5.92 Å². The first-order valence-electron chi connectivity index (χ1n) is 6.03. The first-order valence-corrected chi connectivity index (χ1v) is 7.73. The SMILES string of the molecule is Cc1csc([C@@H](C#N)C(=O)c2cc3ccccc3s2)n1. The van der Waals surface area contributed by atoms with Crippen LogP contribution in [-0.2, 0) is 0 Å². The van der Waals surface area contributed by atoms with Crippen molar-refractivity contribution in [1.29, 1.82) is 5.26 Å². The van der Waals surface area contributed by atoms with Crippen LogP contribution in [0, 0.1) is 18.3 Å². The molecule has 0 unspecified atom stereocenters. The summed E-state index contributed by atoms with van der Waals surface area (Å²) in [5.74, 6) is -0.968. The van der Waals surface area contributed by atoms with E-state index in [-0.39, 0.29) is 5.78 Å².